The molecule has 1 unspecified atom stereocenters. The normalized spacial score (nSPS) is 12.8. The summed E-state index contributed by atoms with van der Waals surface area (Å²) in [6.07, 6.45) is 3.93. The van der Waals surface area contributed by atoms with Crippen LogP contribution in [-0.4, -0.2) is 24.9 Å². The van der Waals surface area contributed by atoms with Crippen LogP contribution in [0.2, 0.25) is 0 Å². The van der Waals surface area contributed by atoms with E-state index < -0.39 is 6.04 Å². The lowest BCUT2D eigenvalue weighted by Crippen LogP contribution is -2.39. The van der Waals surface area contributed by atoms with Crippen molar-refractivity contribution < 1.29 is 9.59 Å². The minimum absolute atomic E-state index is 0.100. The molecule has 0 aliphatic carbocycles. The summed E-state index contributed by atoms with van der Waals surface area (Å²) in [5.74, 6) is 0.0643. The van der Waals surface area contributed by atoms with E-state index in [2.05, 4.69) is 10.6 Å². The fraction of sp³-hybridized carbons (Fsp3) is 0.636. The average molecular weight is 227 g/mol. The van der Waals surface area contributed by atoms with E-state index in [1.54, 1.807) is 13.1 Å². The van der Waals surface area contributed by atoms with Crippen LogP contribution in [0.3, 0.4) is 0 Å². The Morgan fingerprint density at radius 2 is 2.00 bits per heavy atom. The molecular weight excluding hydrogens is 206 g/mol. The summed E-state index contributed by atoms with van der Waals surface area (Å²) in [7, 11) is 1.56. The summed E-state index contributed by atoms with van der Waals surface area (Å²) in [4.78, 5) is 22.2. The number of carbonyl (C=O) groups is 2. The van der Waals surface area contributed by atoms with E-state index in [4.69, 9.17) is 5.73 Å². The third kappa shape index (κ3) is 7.00. The molecule has 5 nitrogen and oxygen atoms in total. The fourth-order valence-electron chi connectivity index (χ4n) is 1.13. The Morgan fingerprint density at radius 3 is 2.50 bits per heavy atom. The van der Waals surface area contributed by atoms with E-state index in [-0.39, 0.29) is 18.2 Å². The van der Waals surface area contributed by atoms with Gasteiger partial charge in [0, 0.05) is 19.7 Å². The first-order chi connectivity index (χ1) is 7.47. The monoisotopic (exact) mass is 227 g/mol. The van der Waals surface area contributed by atoms with Crippen molar-refractivity contribution in [1.82, 2.24) is 10.6 Å². The molecule has 2 amide bonds. The Bertz CT molecular complexity index is 262. The number of nitrogens with two attached hydrogens (primary N) is 1. The largest absolute Gasteiger partial charge is 0.359 e. The second-order valence-corrected chi connectivity index (χ2v) is 4.02. The van der Waals surface area contributed by atoms with E-state index in [0.29, 0.717) is 12.3 Å². The van der Waals surface area contributed by atoms with Gasteiger partial charge >= 0.3 is 0 Å². The van der Waals surface area contributed by atoms with Gasteiger partial charge in [0.1, 0.15) is 0 Å². The lowest BCUT2D eigenvalue weighted by atomic mass is 10.0. The minimum Gasteiger partial charge on any atom is -0.359 e. The highest BCUT2D eigenvalue weighted by atomic mass is 16.2. The zero-order valence-corrected chi connectivity index (χ0v) is 10.1. The molecule has 0 aromatic heterocycles. The molecule has 0 aliphatic heterocycles. The smallest absolute Gasteiger partial charge is 0.240 e. The van der Waals surface area contributed by atoms with Gasteiger partial charge in [0.15, 0.2) is 0 Å². The SMILES string of the molecule is CNC(=O)C/C=C\NC(=O)C(N)CC(C)C. The molecule has 0 aromatic rings. The number of rotatable bonds is 6. The molecule has 1 atom stereocenters. The van der Waals surface area contributed by atoms with Crippen LogP contribution in [-0.2, 0) is 9.59 Å². The number of amides is 2. The Kier molecular flexibility index (Phi) is 7.20. The van der Waals surface area contributed by atoms with Gasteiger partial charge < -0.3 is 16.4 Å². The predicted molar refractivity (Wildman–Crippen MR) is 63.4 cm³/mol. The number of hydrogen-bond donors (Lipinski definition) is 3. The van der Waals surface area contributed by atoms with E-state index in [1.807, 2.05) is 13.8 Å². The van der Waals surface area contributed by atoms with Crippen molar-refractivity contribution in [3.63, 3.8) is 0 Å². The van der Waals surface area contributed by atoms with Gasteiger partial charge in [-0.25, -0.2) is 0 Å². The maximum atomic E-state index is 11.4. The van der Waals surface area contributed by atoms with Crippen molar-refractivity contribution in [2.75, 3.05) is 7.05 Å². The van der Waals surface area contributed by atoms with E-state index in [1.165, 1.54) is 6.20 Å². The van der Waals surface area contributed by atoms with Crippen molar-refractivity contribution in [2.24, 2.45) is 11.7 Å². The maximum Gasteiger partial charge on any atom is 0.240 e. The Balaban J connectivity index is 3.84. The zero-order chi connectivity index (χ0) is 12.6. The number of hydrogen-bond acceptors (Lipinski definition) is 3. The molecule has 5 heteroatoms. The molecular formula is C11H21N3O2. The molecule has 0 saturated heterocycles. The highest BCUT2D eigenvalue weighted by Gasteiger charge is 2.12. The van der Waals surface area contributed by atoms with E-state index in [9.17, 15) is 9.59 Å². The quantitative estimate of drug-likeness (QED) is 0.603. The number of nitrogens with one attached hydrogen (secondary N) is 2. The highest BCUT2D eigenvalue weighted by Crippen LogP contribution is 2.02. The Labute approximate surface area is 96.5 Å². The van der Waals surface area contributed by atoms with Crippen LogP contribution in [0.4, 0.5) is 0 Å². The summed E-state index contributed by atoms with van der Waals surface area (Å²) < 4.78 is 0. The van der Waals surface area contributed by atoms with Gasteiger partial charge in [-0.15, -0.1) is 0 Å². The van der Waals surface area contributed by atoms with Gasteiger partial charge in [-0.3, -0.25) is 9.59 Å². The van der Waals surface area contributed by atoms with Crippen LogP contribution >= 0.6 is 0 Å². The van der Waals surface area contributed by atoms with Crippen LogP contribution in [0.5, 0.6) is 0 Å². The van der Waals surface area contributed by atoms with Crippen molar-refractivity contribution >= 4 is 11.8 Å². The van der Waals surface area contributed by atoms with Crippen molar-refractivity contribution in [3.05, 3.63) is 12.3 Å². The highest BCUT2D eigenvalue weighted by molar-refractivity contribution is 5.82. The van der Waals surface area contributed by atoms with E-state index >= 15 is 0 Å². The van der Waals surface area contributed by atoms with Crippen molar-refractivity contribution in [3.8, 4) is 0 Å². The van der Waals surface area contributed by atoms with Crippen LogP contribution in [0.15, 0.2) is 12.3 Å². The topological polar surface area (TPSA) is 84.2 Å². The van der Waals surface area contributed by atoms with Gasteiger partial charge in [-0.2, -0.15) is 0 Å². The second kappa shape index (κ2) is 7.87. The molecule has 92 valence electrons. The number of carbonyl (C=O) groups excluding carboxylic acids is 2. The Hall–Kier alpha value is -1.36. The van der Waals surface area contributed by atoms with E-state index in [0.717, 1.165) is 0 Å². The average Bonchev–Trinajstić information content (AvgIpc) is 2.22. The molecule has 4 N–H and O–H groups in total. The van der Waals surface area contributed by atoms with Crippen LogP contribution in [0.25, 0.3) is 0 Å². The zero-order valence-electron chi connectivity index (χ0n) is 10.1. The van der Waals surface area contributed by atoms with Gasteiger partial charge in [0.2, 0.25) is 11.8 Å². The van der Waals surface area contributed by atoms with Gasteiger partial charge in [0.05, 0.1) is 6.04 Å². The summed E-state index contributed by atoms with van der Waals surface area (Å²) in [6.45, 7) is 4.02. The first kappa shape index (κ1) is 14.6. The van der Waals surface area contributed by atoms with Gasteiger partial charge in [0.25, 0.3) is 0 Å². The van der Waals surface area contributed by atoms with Gasteiger partial charge in [-0.1, -0.05) is 19.9 Å². The fourth-order valence-corrected chi connectivity index (χ4v) is 1.13. The van der Waals surface area contributed by atoms with Crippen LogP contribution in [0.1, 0.15) is 26.7 Å². The lowest BCUT2D eigenvalue weighted by molar-refractivity contribution is -0.122. The van der Waals surface area contributed by atoms with Crippen LogP contribution in [0, 0.1) is 5.92 Å². The molecule has 0 spiro atoms. The first-order valence-electron chi connectivity index (χ1n) is 5.39. The molecule has 0 rings (SSSR count). The lowest BCUT2D eigenvalue weighted by Gasteiger charge is -2.11. The molecule has 0 saturated carbocycles. The standard InChI is InChI=1S/C11H21N3O2/c1-8(2)7-9(12)11(16)14-6-4-5-10(15)13-3/h4,6,8-9H,5,7,12H2,1-3H3,(H,13,15)(H,14,16)/b6-4-. The molecule has 0 aliphatic rings. The summed E-state index contributed by atoms with van der Waals surface area (Å²) in [5.41, 5.74) is 5.66. The van der Waals surface area contributed by atoms with Crippen molar-refractivity contribution in [1.29, 1.82) is 0 Å². The second-order valence-electron chi connectivity index (χ2n) is 4.02. The molecule has 0 radical (unpaired) electrons. The minimum atomic E-state index is -0.496. The molecule has 0 heterocycles. The molecule has 0 fully saturated rings. The molecule has 0 bridgehead atoms. The third-order valence-corrected chi connectivity index (χ3v) is 1.99. The summed E-state index contributed by atoms with van der Waals surface area (Å²) >= 11 is 0. The Morgan fingerprint density at radius 1 is 1.38 bits per heavy atom. The third-order valence-electron chi connectivity index (χ3n) is 1.99. The molecule has 0 aromatic carbocycles. The van der Waals surface area contributed by atoms with Gasteiger partial charge in [-0.05, 0) is 12.3 Å². The maximum absolute atomic E-state index is 11.4. The summed E-state index contributed by atoms with van der Waals surface area (Å²) in [5, 5.41) is 5.02. The van der Waals surface area contributed by atoms with Crippen LogP contribution < -0.4 is 16.4 Å². The first-order valence-corrected chi connectivity index (χ1v) is 5.39. The molecule has 16 heavy (non-hydrogen) atoms. The predicted octanol–water partition coefficient (Wildman–Crippen LogP) is 0.126. The van der Waals surface area contributed by atoms with Crippen molar-refractivity contribution in [2.45, 2.75) is 32.7 Å². The summed E-state index contributed by atoms with van der Waals surface area (Å²) in [6, 6.07) is -0.496.